The Morgan fingerprint density at radius 2 is 1.77 bits per heavy atom. The molecule has 31 heavy (non-hydrogen) atoms. The fourth-order valence-corrected chi connectivity index (χ4v) is 3.96. The minimum absolute atomic E-state index is 0.0508. The molecule has 1 heterocycles. The molecule has 0 saturated carbocycles. The van der Waals surface area contributed by atoms with E-state index >= 15 is 0 Å². The molecule has 0 aliphatic carbocycles. The van der Waals surface area contributed by atoms with E-state index in [1.165, 1.54) is 16.7 Å². The highest BCUT2D eigenvalue weighted by Gasteiger charge is 2.21. The standard InChI is InChI=1S/C21H25FN4O4S/c1-16-9-11-19(12-10-16)31(28,29)30-15-18(22)14-26-21(27)25(3)20(23-26)24(2)13-17-7-5-4-6-8-17/h4-12,18H,13-15H2,1-3H3. The lowest BCUT2D eigenvalue weighted by molar-refractivity contribution is 0.177. The van der Waals surface area contributed by atoms with E-state index in [0.717, 1.165) is 15.8 Å². The molecule has 0 fully saturated rings. The highest BCUT2D eigenvalue weighted by molar-refractivity contribution is 7.86. The second-order valence-electron chi connectivity index (χ2n) is 7.31. The van der Waals surface area contributed by atoms with Crippen LogP contribution in [0.2, 0.25) is 0 Å². The Morgan fingerprint density at radius 3 is 2.42 bits per heavy atom. The molecule has 2 aromatic carbocycles. The fourth-order valence-electron chi connectivity index (χ4n) is 3.03. The first-order chi connectivity index (χ1) is 14.7. The van der Waals surface area contributed by atoms with Gasteiger partial charge in [-0.1, -0.05) is 48.0 Å². The lowest BCUT2D eigenvalue weighted by Crippen LogP contribution is -2.29. The van der Waals surface area contributed by atoms with Gasteiger partial charge in [0.25, 0.3) is 10.1 Å². The van der Waals surface area contributed by atoms with Crippen LogP contribution in [-0.4, -0.2) is 42.6 Å². The molecule has 1 unspecified atom stereocenters. The van der Waals surface area contributed by atoms with Gasteiger partial charge in [-0.25, -0.2) is 13.9 Å². The number of aromatic nitrogens is 3. The van der Waals surface area contributed by atoms with E-state index in [2.05, 4.69) is 5.10 Å². The molecule has 3 aromatic rings. The van der Waals surface area contributed by atoms with Crippen LogP contribution >= 0.6 is 0 Å². The highest BCUT2D eigenvalue weighted by atomic mass is 32.2. The summed E-state index contributed by atoms with van der Waals surface area (Å²) < 4.78 is 46.0. The van der Waals surface area contributed by atoms with Crippen molar-refractivity contribution in [3.63, 3.8) is 0 Å². The van der Waals surface area contributed by atoms with Crippen molar-refractivity contribution in [2.75, 3.05) is 18.6 Å². The van der Waals surface area contributed by atoms with Gasteiger partial charge in [-0.3, -0.25) is 8.75 Å². The van der Waals surface area contributed by atoms with E-state index in [-0.39, 0.29) is 4.90 Å². The molecule has 0 N–H and O–H groups in total. The highest BCUT2D eigenvalue weighted by Crippen LogP contribution is 2.15. The Bertz CT molecular complexity index is 1170. The van der Waals surface area contributed by atoms with Gasteiger partial charge in [0.1, 0.15) is 6.17 Å². The average molecular weight is 449 g/mol. The number of benzene rings is 2. The van der Waals surface area contributed by atoms with Crippen molar-refractivity contribution in [3.05, 3.63) is 76.2 Å². The van der Waals surface area contributed by atoms with Gasteiger partial charge in [0.05, 0.1) is 18.0 Å². The molecular formula is C21H25FN4O4S. The summed E-state index contributed by atoms with van der Waals surface area (Å²) in [5.41, 5.74) is 1.42. The fraction of sp³-hybridized carbons (Fsp3) is 0.333. The third-order valence-electron chi connectivity index (χ3n) is 4.71. The van der Waals surface area contributed by atoms with E-state index in [9.17, 15) is 17.6 Å². The average Bonchev–Trinajstić information content (AvgIpc) is 3.02. The van der Waals surface area contributed by atoms with Crippen molar-refractivity contribution in [1.82, 2.24) is 14.3 Å². The van der Waals surface area contributed by atoms with Crippen molar-refractivity contribution < 1.29 is 17.0 Å². The third kappa shape index (κ3) is 5.59. The van der Waals surface area contributed by atoms with Gasteiger partial charge in [-0.05, 0) is 24.6 Å². The molecule has 0 bridgehead atoms. The normalized spacial score (nSPS) is 12.6. The van der Waals surface area contributed by atoms with Crippen molar-refractivity contribution >= 4 is 16.1 Å². The van der Waals surface area contributed by atoms with E-state index in [1.807, 2.05) is 37.3 Å². The van der Waals surface area contributed by atoms with E-state index in [4.69, 9.17) is 4.18 Å². The van der Waals surface area contributed by atoms with Crippen LogP contribution in [0.3, 0.4) is 0 Å². The zero-order valence-electron chi connectivity index (χ0n) is 17.6. The topological polar surface area (TPSA) is 86.4 Å². The van der Waals surface area contributed by atoms with Gasteiger partial charge in [-0.2, -0.15) is 8.42 Å². The summed E-state index contributed by atoms with van der Waals surface area (Å²) in [5.74, 6) is 0.370. The van der Waals surface area contributed by atoms with Gasteiger partial charge in [-0.15, -0.1) is 5.10 Å². The zero-order chi connectivity index (χ0) is 22.6. The van der Waals surface area contributed by atoms with Crippen molar-refractivity contribution in [2.24, 2.45) is 7.05 Å². The molecule has 0 aliphatic heterocycles. The predicted molar refractivity (Wildman–Crippen MR) is 115 cm³/mol. The summed E-state index contributed by atoms with van der Waals surface area (Å²) in [4.78, 5) is 14.2. The minimum atomic E-state index is -4.09. The Labute approximate surface area is 180 Å². The van der Waals surface area contributed by atoms with E-state index < -0.39 is 35.1 Å². The first-order valence-corrected chi connectivity index (χ1v) is 11.1. The predicted octanol–water partition coefficient (Wildman–Crippen LogP) is 2.27. The lowest BCUT2D eigenvalue weighted by Gasteiger charge is -2.17. The molecule has 10 heteroatoms. The molecule has 0 radical (unpaired) electrons. The number of aryl methyl sites for hydroxylation is 1. The van der Waals surface area contributed by atoms with Crippen LogP contribution in [0.4, 0.5) is 10.3 Å². The number of alkyl halides is 1. The van der Waals surface area contributed by atoms with Crippen LogP contribution in [0.5, 0.6) is 0 Å². The quantitative estimate of drug-likeness (QED) is 0.467. The lowest BCUT2D eigenvalue weighted by atomic mass is 10.2. The largest absolute Gasteiger partial charge is 0.347 e. The molecule has 3 rings (SSSR count). The minimum Gasteiger partial charge on any atom is -0.340 e. The first kappa shape index (κ1) is 22.7. The Kier molecular flexibility index (Phi) is 6.91. The maximum Gasteiger partial charge on any atom is 0.347 e. The number of rotatable bonds is 9. The molecule has 8 nitrogen and oxygen atoms in total. The van der Waals surface area contributed by atoms with Crippen LogP contribution in [0, 0.1) is 6.92 Å². The van der Waals surface area contributed by atoms with E-state index in [1.54, 1.807) is 31.1 Å². The molecule has 0 spiro atoms. The maximum atomic E-state index is 14.5. The van der Waals surface area contributed by atoms with Crippen LogP contribution < -0.4 is 10.6 Å². The summed E-state index contributed by atoms with van der Waals surface area (Å²) >= 11 is 0. The summed E-state index contributed by atoms with van der Waals surface area (Å²) in [6, 6.07) is 15.7. The van der Waals surface area contributed by atoms with E-state index in [0.29, 0.717) is 12.5 Å². The van der Waals surface area contributed by atoms with Crippen LogP contribution in [0.25, 0.3) is 0 Å². The summed E-state index contributed by atoms with van der Waals surface area (Å²) in [7, 11) is -0.756. The smallest absolute Gasteiger partial charge is 0.340 e. The summed E-state index contributed by atoms with van der Waals surface area (Å²) in [6.45, 7) is 1.21. The monoisotopic (exact) mass is 448 g/mol. The number of hydrogen-bond donors (Lipinski definition) is 0. The number of hydrogen-bond acceptors (Lipinski definition) is 6. The maximum absolute atomic E-state index is 14.5. The third-order valence-corrected chi connectivity index (χ3v) is 6.00. The number of halogens is 1. The molecule has 166 valence electrons. The molecule has 0 saturated heterocycles. The van der Waals surface area contributed by atoms with Gasteiger partial charge in [0.15, 0.2) is 0 Å². The molecule has 1 aromatic heterocycles. The van der Waals surface area contributed by atoms with Gasteiger partial charge < -0.3 is 4.90 Å². The second-order valence-corrected chi connectivity index (χ2v) is 8.93. The summed E-state index contributed by atoms with van der Waals surface area (Å²) in [5, 5.41) is 4.21. The molecule has 0 aliphatic rings. The molecule has 0 amide bonds. The van der Waals surface area contributed by atoms with Crippen molar-refractivity contribution in [1.29, 1.82) is 0 Å². The van der Waals surface area contributed by atoms with Crippen LogP contribution in [0.1, 0.15) is 11.1 Å². The van der Waals surface area contributed by atoms with Gasteiger partial charge in [0, 0.05) is 20.6 Å². The molecule has 1 atom stereocenters. The van der Waals surface area contributed by atoms with Crippen molar-refractivity contribution in [3.8, 4) is 0 Å². The van der Waals surface area contributed by atoms with Crippen LogP contribution in [-0.2, 0) is 34.4 Å². The first-order valence-electron chi connectivity index (χ1n) is 9.66. The second kappa shape index (κ2) is 9.44. The van der Waals surface area contributed by atoms with Crippen molar-refractivity contribution in [2.45, 2.75) is 31.1 Å². The Morgan fingerprint density at radius 1 is 1.13 bits per heavy atom. The Hall–Kier alpha value is -2.98. The SMILES string of the molecule is Cc1ccc(S(=O)(=O)OCC(F)Cn2nc(N(C)Cc3ccccc3)n(C)c2=O)cc1. The Balaban J connectivity index is 1.65. The van der Waals surface area contributed by atoms with Gasteiger partial charge in [0.2, 0.25) is 5.95 Å². The van der Waals surface area contributed by atoms with Crippen LogP contribution in [0.15, 0.2) is 64.3 Å². The van der Waals surface area contributed by atoms with Gasteiger partial charge >= 0.3 is 5.69 Å². The number of nitrogens with zero attached hydrogens (tertiary/aromatic N) is 4. The zero-order valence-corrected chi connectivity index (χ0v) is 18.4. The molecular weight excluding hydrogens is 423 g/mol. The number of anilines is 1. The summed E-state index contributed by atoms with van der Waals surface area (Å²) in [6.07, 6.45) is -1.74.